The molecule has 0 fully saturated rings. The number of anilines is 1. The van der Waals surface area contributed by atoms with Crippen molar-refractivity contribution in [3.05, 3.63) is 45.4 Å². The van der Waals surface area contributed by atoms with E-state index >= 15 is 0 Å². The van der Waals surface area contributed by atoms with E-state index in [1.165, 1.54) is 40.4 Å². The topological polar surface area (TPSA) is 38.9 Å². The Bertz CT molecular complexity index is 478. The molecule has 0 saturated heterocycles. The van der Waals surface area contributed by atoms with Crippen LogP contribution in [0.15, 0.2) is 24.3 Å². The first kappa shape index (κ1) is 9.85. The molecule has 1 aliphatic carbocycles. The van der Waals surface area contributed by atoms with E-state index in [4.69, 9.17) is 10.7 Å². The van der Waals surface area contributed by atoms with Crippen LogP contribution in [0.3, 0.4) is 0 Å². The predicted octanol–water partition coefficient (Wildman–Crippen LogP) is 2.80. The number of nitrogen functional groups attached to an aromatic ring is 1. The minimum atomic E-state index is 0.824. The molecule has 0 spiro atoms. The highest BCUT2D eigenvalue weighted by molar-refractivity contribution is 7.11. The Balaban J connectivity index is 1.81. The summed E-state index contributed by atoms with van der Waals surface area (Å²) in [6.07, 6.45) is 4.64. The van der Waals surface area contributed by atoms with Gasteiger partial charge >= 0.3 is 0 Å². The monoisotopic (exact) mass is 230 g/mol. The van der Waals surface area contributed by atoms with Crippen LogP contribution in [0.2, 0.25) is 0 Å². The fourth-order valence-electron chi connectivity index (χ4n) is 2.13. The average molecular weight is 230 g/mol. The first-order valence-electron chi connectivity index (χ1n) is 5.63. The maximum atomic E-state index is 5.67. The van der Waals surface area contributed by atoms with E-state index < -0.39 is 0 Å². The molecule has 2 N–H and O–H groups in total. The third kappa shape index (κ3) is 1.83. The van der Waals surface area contributed by atoms with Crippen LogP contribution >= 0.6 is 11.3 Å². The third-order valence-corrected chi connectivity index (χ3v) is 4.13. The number of aromatic nitrogens is 1. The molecule has 1 aromatic carbocycles. The molecule has 3 heteroatoms. The Labute approximate surface area is 99.1 Å². The van der Waals surface area contributed by atoms with Crippen LogP contribution in [0.25, 0.3) is 0 Å². The summed E-state index contributed by atoms with van der Waals surface area (Å²) < 4.78 is 0. The second-order valence-electron chi connectivity index (χ2n) is 4.25. The summed E-state index contributed by atoms with van der Waals surface area (Å²) in [5.41, 5.74) is 9.13. The highest BCUT2D eigenvalue weighted by Gasteiger charge is 2.16. The lowest BCUT2D eigenvalue weighted by Gasteiger charge is -1.98. The zero-order valence-corrected chi connectivity index (χ0v) is 9.89. The lowest BCUT2D eigenvalue weighted by atomic mass is 10.1. The molecule has 0 amide bonds. The number of fused-ring (bicyclic) bond motifs is 1. The summed E-state index contributed by atoms with van der Waals surface area (Å²) in [6.45, 7) is 0. The Kier molecular flexibility index (Phi) is 2.40. The molecule has 3 rings (SSSR count). The van der Waals surface area contributed by atoms with Crippen molar-refractivity contribution in [3.8, 4) is 0 Å². The normalized spacial score (nSPS) is 14.0. The molecule has 0 bridgehead atoms. The van der Waals surface area contributed by atoms with Gasteiger partial charge in [0.25, 0.3) is 0 Å². The molecule has 1 heterocycles. The molecule has 0 radical (unpaired) electrons. The standard InChI is InChI=1S/C13H14N2S/c14-10-6-4-9(5-7-10)8-13-15-11-2-1-3-12(11)16-13/h4-7H,1-3,8,14H2. The fraction of sp³-hybridized carbons (Fsp3) is 0.308. The van der Waals surface area contributed by atoms with Crippen molar-refractivity contribution in [2.75, 3.05) is 5.73 Å². The number of nitrogens with two attached hydrogens (primary N) is 1. The van der Waals surface area contributed by atoms with E-state index in [1.807, 2.05) is 23.5 Å². The van der Waals surface area contributed by atoms with Gasteiger partial charge in [0, 0.05) is 17.0 Å². The van der Waals surface area contributed by atoms with Crippen LogP contribution in [0.1, 0.15) is 27.6 Å². The Hall–Kier alpha value is -1.35. The molecule has 0 saturated carbocycles. The molecule has 0 aliphatic heterocycles. The van der Waals surface area contributed by atoms with Crippen molar-refractivity contribution in [1.82, 2.24) is 4.98 Å². The molecule has 1 aliphatic rings. The van der Waals surface area contributed by atoms with Crippen molar-refractivity contribution in [2.24, 2.45) is 0 Å². The Morgan fingerprint density at radius 2 is 2.00 bits per heavy atom. The molecular formula is C13H14N2S. The number of hydrogen-bond donors (Lipinski definition) is 1. The number of rotatable bonds is 2. The summed E-state index contributed by atoms with van der Waals surface area (Å²) in [7, 11) is 0. The van der Waals surface area contributed by atoms with Crippen LogP contribution in [0.4, 0.5) is 5.69 Å². The maximum absolute atomic E-state index is 5.67. The first-order chi connectivity index (χ1) is 7.81. The van der Waals surface area contributed by atoms with E-state index in [0.717, 1.165) is 12.1 Å². The number of nitrogens with zero attached hydrogens (tertiary/aromatic N) is 1. The third-order valence-electron chi connectivity index (χ3n) is 2.98. The molecule has 2 aromatic rings. The van der Waals surface area contributed by atoms with Crippen molar-refractivity contribution >= 4 is 17.0 Å². The van der Waals surface area contributed by atoms with Gasteiger partial charge in [-0.1, -0.05) is 12.1 Å². The molecule has 2 nitrogen and oxygen atoms in total. The average Bonchev–Trinajstić information content (AvgIpc) is 2.81. The van der Waals surface area contributed by atoms with Gasteiger partial charge in [0.05, 0.1) is 10.7 Å². The van der Waals surface area contributed by atoms with E-state index in [9.17, 15) is 0 Å². The highest BCUT2D eigenvalue weighted by Crippen LogP contribution is 2.28. The van der Waals surface area contributed by atoms with Gasteiger partial charge in [-0.15, -0.1) is 11.3 Å². The largest absolute Gasteiger partial charge is 0.399 e. The van der Waals surface area contributed by atoms with Gasteiger partial charge in [0.15, 0.2) is 0 Å². The van der Waals surface area contributed by atoms with Gasteiger partial charge in [-0.2, -0.15) is 0 Å². The van der Waals surface area contributed by atoms with Crippen molar-refractivity contribution in [1.29, 1.82) is 0 Å². The van der Waals surface area contributed by atoms with Gasteiger partial charge < -0.3 is 5.73 Å². The van der Waals surface area contributed by atoms with Crippen LogP contribution in [0, 0.1) is 0 Å². The van der Waals surface area contributed by atoms with E-state index in [0.29, 0.717) is 0 Å². The molecule has 0 unspecified atom stereocenters. The number of benzene rings is 1. The van der Waals surface area contributed by atoms with Crippen LogP contribution in [-0.2, 0) is 19.3 Å². The van der Waals surface area contributed by atoms with Gasteiger partial charge in [-0.3, -0.25) is 0 Å². The summed E-state index contributed by atoms with van der Waals surface area (Å²) in [5.74, 6) is 0. The molecular weight excluding hydrogens is 216 g/mol. The summed E-state index contributed by atoms with van der Waals surface area (Å²) in [5, 5.41) is 1.24. The zero-order chi connectivity index (χ0) is 11.0. The quantitative estimate of drug-likeness (QED) is 0.806. The lowest BCUT2D eigenvalue weighted by Crippen LogP contribution is -1.90. The summed E-state index contributed by atoms with van der Waals surface area (Å²) in [4.78, 5) is 6.20. The predicted molar refractivity (Wildman–Crippen MR) is 67.8 cm³/mol. The lowest BCUT2D eigenvalue weighted by molar-refractivity contribution is 0.893. The van der Waals surface area contributed by atoms with Gasteiger partial charge in [-0.25, -0.2) is 4.98 Å². The van der Waals surface area contributed by atoms with Crippen LogP contribution in [-0.4, -0.2) is 4.98 Å². The van der Waals surface area contributed by atoms with Crippen molar-refractivity contribution < 1.29 is 0 Å². The van der Waals surface area contributed by atoms with E-state index in [2.05, 4.69) is 12.1 Å². The SMILES string of the molecule is Nc1ccc(Cc2nc3c(s2)CCC3)cc1. The van der Waals surface area contributed by atoms with Crippen molar-refractivity contribution in [3.63, 3.8) is 0 Å². The smallest absolute Gasteiger partial charge is 0.0974 e. The molecule has 82 valence electrons. The first-order valence-corrected chi connectivity index (χ1v) is 6.45. The molecule has 1 aromatic heterocycles. The van der Waals surface area contributed by atoms with E-state index in [1.54, 1.807) is 0 Å². The number of aryl methyl sites for hydroxylation is 2. The van der Waals surface area contributed by atoms with Crippen LogP contribution in [0.5, 0.6) is 0 Å². The zero-order valence-electron chi connectivity index (χ0n) is 9.07. The minimum absolute atomic E-state index is 0.824. The van der Waals surface area contributed by atoms with Gasteiger partial charge in [0.2, 0.25) is 0 Å². The maximum Gasteiger partial charge on any atom is 0.0974 e. The van der Waals surface area contributed by atoms with Gasteiger partial charge in [0.1, 0.15) is 0 Å². The van der Waals surface area contributed by atoms with Crippen molar-refractivity contribution in [2.45, 2.75) is 25.7 Å². The number of thiazole rings is 1. The summed E-state index contributed by atoms with van der Waals surface area (Å²) in [6, 6.07) is 8.08. The Morgan fingerprint density at radius 3 is 2.75 bits per heavy atom. The summed E-state index contributed by atoms with van der Waals surface area (Å²) >= 11 is 1.88. The highest BCUT2D eigenvalue weighted by atomic mass is 32.1. The molecule has 16 heavy (non-hydrogen) atoms. The number of hydrogen-bond acceptors (Lipinski definition) is 3. The van der Waals surface area contributed by atoms with Crippen LogP contribution < -0.4 is 5.73 Å². The van der Waals surface area contributed by atoms with Gasteiger partial charge in [-0.05, 0) is 37.0 Å². The second-order valence-corrected chi connectivity index (χ2v) is 5.42. The molecule has 0 atom stereocenters. The second kappa shape index (κ2) is 3.91. The Morgan fingerprint density at radius 1 is 1.19 bits per heavy atom. The minimum Gasteiger partial charge on any atom is -0.399 e. The fourth-order valence-corrected chi connectivity index (χ4v) is 3.32. The van der Waals surface area contributed by atoms with E-state index in [-0.39, 0.29) is 0 Å².